The highest BCUT2D eigenvalue weighted by Crippen LogP contribution is 2.12. The maximum atomic E-state index is 11.0. The maximum Gasteiger partial charge on any atom is 0.320 e. The van der Waals surface area contributed by atoms with Gasteiger partial charge in [0.2, 0.25) is 0 Å². The smallest absolute Gasteiger partial charge is 0.320 e. The summed E-state index contributed by atoms with van der Waals surface area (Å²) in [4.78, 5) is 28.5. The number of nitrogens with one attached hydrogen (secondary N) is 2. The van der Waals surface area contributed by atoms with Crippen molar-refractivity contribution in [2.45, 2.75) is 31.0 Å². The Kier molecular flexibility index (Phi) is 6.45. The number of hydrogen-bond acceptors (Lipinski definition) is 5. The normalized spacial score (nSPS) is 12.3. The van der Waals surface area contributed by atoms with E-state index in [1.807, 2.05) is 6.92 Å². The highest BCUT2D eigenvalue weighted by molar-refractivity contribution is 7.99. The Hall–Kier alpha value is -1.34. The fourth-order valence-corrected chi connectivity index (χ4v) is 2.19. The van der Waals surface area contributed by atoms with Crippen LogP contribution in [-0.4, -0.2) is 39.4 Å². The van der Waals surface area contributed by atoms with Gasteiger partial charge in [-0.2, -0.15) is 0 Å². The van der Waals surface area contributed by atoms with Crippen LogP contribution in [0, 0.1) is 0 Å². The van der Waals surface area contributed by atoms with Crippen molar-refractivity contribution < 1.29 is 9.90 Å². The monoisotopic (exact) mass is 271 g/mol. The van der Waals surface area contributed by atoms with Crippen LogP contribution in [0.5, 0.6) is 0 Å². The first-order valence-electron chi connectivity index (χ1n) is 5.77. The maximum absolute atomic E-state index is 11.0. The van der Waals surface area contributed by atoms with Crippen molar-refractivity contribution in [2.75, 3.05) is 12.3 Å². The standard InChI is InChI=1S/C11H17N3O3S/c1-2-5-12-8(10(16)17)4-7-18-11-13-6-3-9(15)14-11/h3,6,8,12H,2,4-5,7H2,1H3,(H,16,17)(H,13,14,15). The lowest BCUT2D eigenvalue weighted by molar-refractivity contribution is -0.139. The minimum Gasteiger partial charge on any atom is -0.480 e. The van der Waals surface area contributed by atoms with Gasteiger partial charge in [0.05, 0.1) is 0 Å². The molecule has 0 saturated heterocycles. The first kappa shape index (κ1) is 14.7. The van der Waals surface area contributed by atoms with E-state index in [1.165, 1.54) is 24.0 Å². The van der Waals surface area contributed by atoms with E-state index in [4.69, 9.17) is 5.11 Å². The Morgan fingerprint density at radius 3 is 3.06 bits per heavy atom. The second kappa shape index (κ2) is 7.88. The summed E-state index contributed by atoms with van der Waals surface area (Å²) in [7, 11) is 0. The van der Waals surface area contributed by atoms with Gasteiger partial charge in [-0.05, 0) is 19.4 Å². The van der Waals surface area contributed by atoms with Crippen LogP contribution in [-0.2, 0) is 4.79 Å². The summed E-state index contributed by atoms with van der Waals surface area (Å²) < 4.78 is 0. The highest BCUT2D eigenvalue weighted by Gasteiger charge is 2.15. The highest BCUT2D eigenvalue weighted by atomic mass is 32.2. The summed E-state index contributed by atoms with van der Waals surface area (Å²) in [6.07, 6.45) is 2.81. The number of carbonyl (C=O) groups is 1. The molecule has 0 radical (unpaired) electrons. The summed E-state index contributed by atoms with van der Waals surface area (Å²) in [6.45, 7) is 2.67. The summed E-state index contributed by atoms with van der Waals surface area (Å²) >= 11 is 1.34. The van der Waals surface area contributed by atoms with Crippen molar-refractivity contribution in [3.05, 3.63) is 22.6 Å². The molecule has 1 atom stereocenters. The lowest BCUT2D eigenvalue weighted by atomic mass is 10.2. The van der Waals surface area contributed by atoms with Crippen LogP contribution in [0.25, 0.3) is 0 Å². The lowest BCUT2D eigenvalue weighted by Gasteiger charge is -2.12. The number of aliphatic carboxylic acids is 1. The molecule has 100 valence electrons. The Labute approximate surface area is 109 Å². The zero-order valence-corrected chi connectivity index (χ0v) is 11.0. The van der Waals surface area contributed by atoms with E-state index in [1.54, 1.807) is 0 Å². The molecule has 0 bridgehead atoms. The summed E-state index contributed by atoms with van der Waals surface area (Å²) in [5, 5.41) is 12.5. The van der Waals surface area contributed by atoms with Gasteiger partial charge in [0.1, 0.15) is 6.04 Å². The molecule has 0 aliphatic heterocycles. The van der Waals surface area contributed by atoms with Crippen LogP contribution in [0.15, 0.2) is 22.2 Å². The molecule has 0 fully saturated rings. The molecule has 1 unspecified atom stereocenters. The molecule has 0 aromatic carbocycles. The molecule has 1 aromatic heterocycles. The van der Waals surface area contributed by atoms with Gasteiger partial charge in [-0.3, -0.25) is 9.59 Å². The van der Waals surface area contributed by atoms with Gasteiger partial charge in [0.15, 0.2) is 5.16 Å². The largest absolute Gasteiger partial charge is 0.480 e. The SMILES string of the molecule is CCCNC(CCSc1nccc(=O)[nH]1)C(=O)O. The van der Waals surface area contributed by atoms with Gasteiger partial charge in [-0.15, -0.1) is 0 Å². The van der Waals surface area contributed by atoms with Gasteiger partial charge in [-0.1, -0.05) is 18.7 Å². The molecule has 1 rings (SSSR count). The number of H-pyrrole nitrogens is 1. The van der Waals surface area contributed by atoms with Crippen LogP contribution in [0.1, 0.15) is 19.8 Å². The van der Waals surface area contributed by atoms with Crippen LogP contribution in [0.4, 0.5) is 0 Å². The number of rotatable bonds is 8. The number of carboxylic acids is 1. The van der Waals surface area contributed by atoms with Gasteiger partial charge in [0.25, 0.3) is 5.56 Å². The third kappa shape index (κ3) is 5.33. The Morgan fingerprint density at radius 1 is 1.67 bits per heavy atom. The van der Waals surface area contributed by atoms with Gasteiger partial charge >= 0.3 is 5.97 Å². The van der Waals surface area contributed by atoms with Crippen LogP contribution < -0.4 is 10.9 Å². The van der Waals surface area contributed by atoms with Gasteiger partial charge < -0.3 is 15.4 Å². The van der Waals surface area contributed by atoms with Crippen LogP contribution in [0.3, 0.4) is 0 Å². The van der Waals surface area contributed by atoms with Crippen molar-refractivity contribution in [1.82, 2.24) is 15.3 Å². The quantitative estimate of drug-likeness (QED) is 0.476. The van der Waals surface area contributed by atoms with Gasteiger partial charge in [0, 0.05) is 18.0 Å². The van der Waals surface area contributed by atoms with E-state index in [2.05, 4.69) is 15.3 Å². The van der Waals surface area contributed by atoms with Crippen molar-refractivity contribution in [2.24, 2.45) is 0 Å². The van der Waals surface area contributed by atoms with Crippen LogP contribution in [0.2, 0.25) is 0 Å². The number of aromatic amines is 1. The minimum absolute atomic E-state index is 0.202. The van der Waals surface area contributed by atoms with E-state index in [9.17, 15) is 9.59 Å². The molecule has 18 heavy (non-hydrogen) atoms. The Balaban J connectivity index is 2.38. The molecule has 7 heteroatoms. The first-order chi connectivity index (χ1) is 8.63. The van der Waals surface area contributed by atoms with E-state index >= 15 is 0 Å². The summed E-state index contributed by atoms with van der Waals surface area (Å²) in [6, 6.07) is 0.792. The molecule has 6 nitrogen and oxygen atoms in total. The fourth-order valence-electron chi connectivity index (χ4n) is 1.33. The molecular formula is C11H17N3O3S. The molecular weight excluding hydrogens is 254 g/mol. The first-order valence-corrected chi connectivity index (χ1v) is 6.76. The van der Waals surface area contributed by atoms with Crippen molar-refractivity contribution in [1.29, 1.82) is 0 Å². The molecule has 0 amide bonds. The fraction of sp³-hybridized carbons (Fsp3) is 0.545. The molecule has 1 aromatic rings. The van der Waals surface area contributed by atoms with Crippen molar-refractivity contribution in [3.63, 3.8) is 0 Å². The number of nitrogens with zero attached hydrogens (tertiary/aromatic N) is 1. The number of carboxylic acid groups (broad SMARTS) is 1. The van der Waals surface area contributed by atoms with Crippen molar-refractivity contribution >= 4 is 17.7 Å². The van der Waals surface area contributed by atoms with Gasteiger partial charge in [-0.25, -0.2) is 4.98 Å². The molecule has 0 aliphatic carbocycles. The predicted molar refractivity (Wildman–Crippen MR) is 69.9 cm³/mol. The molecule has 0 aliphatic rings. The van der Waals surface area contributed by atoms with E-state index in [-0.39, 0.29) is 5.56 Å². The third-order valence-electron chi connectivity index (χ3n) is 2.23. The molecule has 1 heterocycles. The number of aromatic nitrogens is 2. The minimum atomic E-state index is -0.849. The second-order valence-corrected chi connectivity index (χ2v) is 4.80. The summed E-state index contributed by atoms with van der Waals surface area (Å²) in [5.74, 6) is -0.265. The average molecular weight is 271 g/mol. The Morgan fingerprint density at radius 2 is 2.44 bits per heavy atom. The average Bonchev–Trinajstić information content (AvgIpc) is 2.33. The summed E-state index contributed by atoms with van der Waals surface area (Å²) in [5.41, 5.74) is -0.202. The second-order valence-electron chi connectivity index (χ2n) is 3.72. The zero-order valence-electron chi connectivity index (χ0n) is 10.2. The van der Waals surface area contributed by atoms with Crippen LogP contribution >= 0.6 is 11.8 Å². The van der Waals surface area contributed by atoms with E-state index < -0.39 is 12.0 Å². The lowest BCUT2D eigenvalue weighted by Crippen LogP contribution is -2.37. The number of thioether (sulfide) groups is 1. The predicted octanol–water partition coefficient (Wildman–Crippen LogP) is 0.705. The molecule has 3 N–H and O–H groups in total. The third-order valence-corrected chi connectivity index (χ3v) is 3.15. The van der Waals surface area contributed by atoms with E-state index in [0.29, 0.717) is 23.9 Å². The molecule has 0 saturated carbocycles. The topological polar surface area (TPSA) is 95.1 Å². The van der Waals surface area contributed by atoms with E-state index in [0.717, 1.165) is 6.42 Å². The zero-order chi connectivity index (χ0) is 13.4. The van der Waals surface area contributed by atoms with Crippen molar-refractivity contribution in [3.8, 4) is 0 Å². The number of hydrogen-bond donors (Lipinski definition) is 3. The molecule has 0 spiro atoms. The Bertz CT molecular complexity index is 436.